The van der Waals surface area contributed by atoms with Crippen LogP contribution in [0.5, 0.6) is 0 Å². The van der Waals surface area contributed by atoms with Gasteiger partial charge in [0.1, 0.15) is 24.4 Å². The van der Waals surface area contributed by atoms with Gasteiger partial charge in [-0.3, -0.25) is 4.79 Å². The third kappa shape index (κ3) is 1.87. The SMILES string of the molecule is CC(=O)[C@H]1O[C@@H](O)[C@H](O)[C@@H](O)[C@H]1O. The van der Waals surface area contributed by atoms with E-state index in [1.807, 2.05) is 0 Å². The molecule has 0 unspecified atom stereocenters. The third-order valence-electron chi connectivity index (χ3n) is 1.99. The highest BCUT2D eigenvalue weighted by molar-refractivity contribution is 5.81. The van der Waals surface area contributed by atoms with E-state index in [1.54, 1.807) is 0 Å². The first-order chi connectivity index (χ1) is 5.95. The van der Waals surface area contributed by atoms with Crippen molar-refractivity contribution in [3.05, 3.63) is 0 Å². The molecular formula is C7H12O6. The van der Waals surface area contributed by atoms with Gasteiger partial charge in [0.15, 0.2) is 12.1 Å². The van der Waals surface area contributed by atoms with Gasteiger partial charge in [-0.25, -0.2) is 0 Å². The topological polar surface area (TPSA) is 107 Å². The van der Waals surface area contributed by atoms with Crippen LogP contribution in [-0.2, 0) is 9.53 Å². The number of ether oxygens (including phenoxy) is 1. The summed E-state index contributed by atoms with van der Waals surface area (Å²) in [6, 6.07) is 0. The highest BCUT2D eigenvalue weighted by atomic mass is 16.6. The second-order valence-electron chi connectivity index (χ2n) is 3.03. The fourth-order valence-corrected chi connectivity index (χ4v) is 1.20. The summed E-state index contributed by atoms with van der Waals surface area (Å²) in [7, 11) is 0. The minimum Gasteiger partial charge on any atom is -0.387 e. The van der Waals surface area contributed by atoms with Crippen LogP contribution >= 0.6 is 0 Å². The van der Waals surface area contributed by atoms with Gasteiger partial charge in [-0.15, -0.1) is 0 Å². The molecule has 0 spiro atoms. The molecule has 0 radical (unpaired) electrons. The molecule has 1 rings (SSSR count). The smallest absolute Gasteiger partial charge is 0.184 e. The lowest BCUT2D eigenvalue weighted by Crippen LogP contribution is -2.59. The molecule has 5 atom stereocenters. The van der Waals surface area contributed by atoms with Crippen LogP contribution in [0.3, 0.4) is 0 Å². The zero-order valence-electron chi connectivity index (χ0n) is 6.99. The monoisotopic (exact) mass is 192 g/mol. The normalized spacial score (nSPS) is 46.1. The van der Waals surface area contributed by atoms with Gasteiger partial charge in [-0.2, -0.15) is 0 Å². The number of hydrogen-bond acceptors (Lipinski definition) is 6. The summed E-state index contributed by atoms with van der Waals surface area (Å²) >= 11 is 0. The molecule has 1 aliphatic rings. The Morgan fingerprint density at radius 1 is 1.08 bits per heavy atom. The average molecular weight is 192 g/mol. The predicted molar refractivity (Wildman–Crippen MR) is 39.6 cm³/mol. The van der Waals surface area contributed by atoms with Gasteiger partial charge in [-0.1, -0.05) is 0 Å². The maximum absolute atomic E-state index is 10.8. The quantitative estimate of drug-likeness (QED) is 0.362. The number of aliphatic hydroxyl groups excluding tert-OH is 4. The van der Waals surface area contributed by atoms with Crippen LogP contribution in [0.15, 0.2) is 0 Å². The Labute approximate surface area is 74.4 Å². The van der Waals surface area contributed by atoms with Gasteiger partial charge in [0.2, 0.25) is 0 Å². The molecule has 1 aliphatic heterocycles. The van der Waals surface area contributed by atoms with Gasteiger partial charge in [0, 0.05) is 0 Å². The lowest BCUT2D eigenvalue weighted by atomic mass is 9.97. The minimum absolute atomic E-state index is 0.516. The van der Waals surface area contributed by atoms with Crippen LogP contribution in [0.1, 0.15) is 6.92 Å². The molecule has 0 aromatic carbocycles. The Balaban J connectivity index is 2.76. The maximum Gasteiger partial charge on any atom is 0.184 e. The van der Waals surface area contributed by atoms with Crippen molar-refractivity contribution in [2.24, 2.45) is 0 Å². The molecule has 76 valence electrons. The maximum atomic E-state index is 10.8. The first-order valence-corrected chi connectivity index (χ1v) is 3.83. The summed E-state index contributed by atoms with van der Waals surface area (Å²) in [4.78, 5) is 10.8. The number of aliphatic hydroxyl groups is 4. The summed E-state index contributed by atoms with van der Waals surface area (Å²) in [5, 5.41) is 36.4. The highest BCUT2D eigenvalue weighted by Crippen LogP contribution is 2.20. The van der Waals surface area contributed by atoms with Crippen molar-refractivity contribution in [1.82, 2.24) is 0 Å². The number of carbonyl (C=O) groups excluding carboxylic acids is 1. The second-order valence-corrected chi connectivity index (χ2v) is 3.03. The first-order valence-electron chi connectivity index (χ1n) is 3.83. The molecule has 13 heavy (non-hydrogen) atoms. The third-order valence-corrected chi connectivity index (χ3v) is 1.99. The Morgan fingerprint density at radius 3 is 2.08 bits per heavy atom. The van der Waals surface area contributed by atoms with Crippen molar-refractivity contribution in [3.8, 4) is 0 Å². The summed E-state index contributed by atoms with van der Waals surface area (Å²) in [5.74, 6) is -0.516. The van der Waals surface area contributed by atoms with Crippen LogP contribution in [0.4, 0.5) is 0 Å². The average Bonchev–Trinajstić information content (AvgIpc) is 2.07. The number of rotatable bonds is 1. The molecule has 1 fully saturated rings. The van der Waals surface area contributed by atoms with Gasteiger partial charge < -0.3 is 25.2 Å². The van der Waals surface area contributed by atoms with Crippen molar-refractivity contribution >= 4 is 5.78 Å². The molecular weight excluding hydrogens is 180 g/mol. The summed E-state index contributed by atoms with van der Waals surface area (Å²) in [6.45, 7) is 1.16. The van der Waals surface area contributed by atoms with E-state index in [9.17, 15) is 9.90 Å². The van der Waals surface area contributed by atoms with Crippen molar-refractivity contribution in [2.75, 3.05) is 0 Å². The molecule has 0 aromatic heterocycles. The fourth-order valence-electron chi connectivity index (χ4n) is 1.20. The van der Waals surface area contributed by atoms with E-state index >= 15 is 0 Å². The number of hydrogen-bond donors (Lipinski definition) is 4. The Bertz CT molecular complexity index is 205. The molecule has 0 bridgehead atoms. The number of carbonyl (C=O) groups is 1. The molecule has 0 aromatic rings. The van der Waals surface area contributed by atoms with Gasteiger partial charge in [0.25, 0.3) is 0 Å². The summed E-state index contributed by atoms with van der Waals surface area (Å²) in [6.07, 6.45) is -7.60. The van der Waals surface area contributed by atoms with Crippen molar-refractivity contribution in [1.29, 1.82) is 0 Å². The standard InChI is InChI=1S/C7H12O6/c1-2(8)6-4(10)3(9)5(11)7(12)13-6/h3-7,9-12H,1H3/t3-,4+,5+,6+,7+/m0/s1. The van der Waals surface area contributed by atoms with E-state index in [1.165, 1.54) is 0 Å². The second kappa shape index (κ2) is 3.69. The molecule has 0 saturated carbocycles. The number of ketones is 1. The van der Waals surface area contributed by atoms with Crippen molar-refractivity contribution < 1.29 is 30.0 Å². The zero-order chi connectivity index (χ0) is 10.2. The van der Waals surface area contributed by atoms with Crippen LogP contribution in [-0.4, -0.2) is 56.9 Å². The van der Waals surface area contributed by atoms with E-state index in [-0.39, 0.29) is 0 Å². The van der Waals surface area contributed by atoms with Crippen LogP contribution < -0.4 is 0 Å². The Hall–Kier alpha value is -0.530. The van der Waals surface area contributed by atoms with E-state index in [2.05, 4.69) is 4.74 Å². The molecule has 4 N–H and O–H groups in total. The van der Waals surface area contributed by atoms with Crippen molar-refractivity contribution in [2.45, 2.75) is 37.6 Å². The van der Waals surface area contributed by atoms with Gasteiger partial charge in [-0.05, 0) is 6.92 Å². The van der Waals surface area contributed by atoms with Crippen LogP contribution in [0.2, 0.25) is 0 Å². The van der Waals surface area contributed by atoms with Crippen LogP contribution in [0, 0.1) is 0 Å². The Kier molecular flexibility index (Phi) is 2.99. The van der Waals surface area contributed by atoms with E-state index in [0.717, 1.165) is 6.92 Å². The lowest BCUT2D eigenvalue weighted by molar-refractivity contribution is -0.274. The molecule has 0 amide bonds. The van der Waals surface area contributed by atoms with Crippen molar-refractivity contribution in [3.63, 3.8) is 0 Å². The Morgan fingerprint density at radius 2 is 1.62 bits per heavy atom. The zero-order valence-corrected chi connectivity index (χ0v) is 6.99. The van der Waals surface area contributed by atoms with Gasteiger partial charge >= 0.3 is 0 Å². The minimum atomic E-state index is -1.65. The predicted octanol–water partition coefficient (Wildman–Crippen LogP) is -2.62. The largest absolute Gasteiger partial charge is 0.387 e. The van der Waals surface area contributed by atoms with E-state index in [0.29, 0.717) is 0 Å². The molecule has 0 aliphatic carbocycles. The number of Topliss-reactive ketones (excluding diaryl/α,β-unsaturated/α-hetero) is 1. The molecule has 6 nitrogen and oxygen atoms in total. The molecule has 6 heteroatoms. The molecule has 1 heterocycles. The lowest BCUT2D eigenvalue weighted by Gasteiger charge is -2.37. The highest BCUT2D eigenvalue weighted by Gasteiger charge is 2.44. The molecule has 1 saturated heterocycles. The fraction of sp³-hybridized carbons (Fsp3) is 0.857. The van der Waals surface area contributed by atoms with Crippen LogP contribution in [0.25, 0.3) is 0 Å². The first kappa shape index (κ1) is 10.6. The summed E-state index contributed by atoms with van der Waals surface area (Å²) in [5.41, 5.74) is 0. The van der Waals surface area contributed by atoms with E-state index in [4.69, 9.17) is 15.3 Å². The van der Waals surface area contributed by atoms with Gasteiger partial charge in [0.05, 0.1) is 0 Å². The van der Waals surface area contributed by atoms with E-state index < -0.39 is 36.5 Å². The summed E-state index contributed by atoms with van der Waals surface area (Å²) < 4.78 is 4.59.